The zero-order valence-corrected chi connectivity index (χ0v) is 11.0. The SMILES string of the molecule is NC(=O)C1CCCCN1CCOc1ccccc1N. The van der Waals surface area contributed by atoms with Crippen molar-refractivity contribution in [3.63, 3.8) is 0 Å². The normalized spacial score (nSPS) is 20.1. The molecule has 0 saturated carbocycles. The largest absolute Gasteiger partial charge is 0.490 e. The molecule has 1 aromatic rings. The molecular weight excluding hydrogens is 242 g/mol. The zero-order valence-electron chi connectivity index (χ0n) is 11.0. The molecule has 1 unspecified atom stereocenters. The van der Waals surface area contributed by atoms with Crippen molar-refractivity contribution in [2.75, 3.05) is 25.4 Å². The number of likely N-dealkylation sites (tertiary alicyclic amines) is 1. The molecule has 1 amide bonds. The molecule has 1 aliphatic rings. The minimum atomic E-state index is -0.237. The van der Waals surface area contributed by atoms with Gasteiger partial charge in [0, 0.05) is 6.54 Å². The molecule has 2 rings (SSSR count). The number of carbonyl (C=O) groups excluding carboxylic acids is 1. The van der Waals surface area contributed by atoms with Crippen molar-refractivity contribution in [1.29, 1.82) is 0 Å². The first-order chi connectivity index (χ1) is 9.18. The fraction of sp³-hybridized carbons (Fsp3) is 0.500. The van der Waals surface area contributed by atoms with Gasteiger partial charge in [-0.1, -0.05) is 18.6 Å². The predicted octanol–water partition coefficient (Wildman–Crippen LogP) is 0.987. The van der Waals surface area contributed by atoms with Crippen LogP contribution < -0.4 is 16.2 Å². The lowest BCUT2D eigenvalue weighted by atomic mass is 10.0. The molecule has 0 spiro atoms. The standard InChI is InChI=1S/C14H21N3O2/c15-11-5-1-2-7-13(11)19-10-9-17-8-4-3-6-12(17)14(16)18/h1-2,5,7,12H,3-4,6,8-10,15H2,(H2,16,18). The quantitative estimate of drug-likeness (QED) is 0.776. The molecule has 1 aromatic carbocycles. The molecule has 1 fully saturated rings. The van der Waals surface area contributed by atoms with Gasteiger partial charge in [0.1, 0.15) is 12.4 Å². The molecule has 0 aromatic heterocycles. The lowest BCUT2D eigenvalue weighted by Gasteiger charge is -2.33. The van der Waals surface area contributed by atoms with Crippen LogP contribution in [0.2, 0.25) is 0 Å². The van der Waals surface area contributed by atoms with Gasteiger partial charge in [-0.3, -0.25) is 9.69 Å². The summed E-state index contributed by atoms with van der Waals surface area (Å²) in [5.41, 5.74) is 11.9. The Hall–Kier alpha value is -1.75. The van der Waals surface area contributed by atoms with Crippen molar-refractivity contribution >= 4 is 11.6 Å². The fourth-order valence-electron chi connectivity index (χ4n) is 2.47. The third kappa shape index (κ3) is 3.61. The number of hydrogen-bond donors (Lipinski definition) is 2. The highest BCUT2D eigenvalue weighted by Crippen LogP contribution is 2.20. The van der Waals surface area contributed by atoms with E-state index in [2.05, 4.69) is 4.90 Å². The first kappa shape index (κ1) is 13.7. The Bertz CT molecular complexity index is 436. The minimum absolute atomic E-state index is 0.148. The first-order valence-corrected chi connectivity index (χ1v) is 6.69. The van der Waals surface area contributed by atoms with Crippen molar-refractivity contribution in [1.82, 2.24) is 4.90 Å². The number of hydrogen-bond acceptors (Lipinski definition) is 4. The summed E-state index contributed by atoms with van der Waals surface area (Å²) in [7, 11) is 0. The van der Waals surface area contributed by atoms with Crippen LogP contribution in [0.3, 0.4) is 0 Å². The number of benzene rings is 1. The topological polar surface area (TPSA) is 81.6 Å². The Kier molecular flexibility index (Phi) is 4.63. The number of amides is 1. The van der Waals surface area contributed by atoms with E-state index in [-0.39, 0.29) is 11.9 Å². The molecule has 0 bridgehead atoms. The Balaban J connectivity index is 1.84. The lowest BCUT2D eigenvalue weighted by molar-refractivity contribution is -0.124. The number of nitrogen functional groups attached to an aromatic ring is 1. The van der Waals surface area contributed by atoms with E-state index in [1.165, 1.54) is 0 Å². The Labute approximate surface area is 113 Å². The van der Waals surface area contributed by atoms with Gasteiger partial charge in [0.15, 0.2) is 0 Å². The van der Waals surface area contributed by atoms with Gasteiger partial charge in [-0.25, -0.2) is 0 Å². The molecule has 1 aliphatic heterocycles. The maximum Gasteiger partial charge on any atom is 0.234 e. The Morgan fingerprint density at radius 3 is 2.89 bits per heavy atom. The fourth-order valence-corrected chi connectivity index (χ4v) is 2.47. The zero-order chi connectivity index (χ0) is 13.7. The monoisotopic (exact) mass is 263 g/mol. The van der Waals surface area contributed by atoms with Crippen LogP contribution in [0.5, 0.6) is 5.75 Å². The van der Waals surface area contributed by atoms with Crippen molar-refractivity contribution in [2.45, 2.75) is 25.3 Å². The molecule has 4 N–H and O–H groups in total. The smallest absolute Gasteiger partial charge is 0.234 e. The highest BCUT2D eigenvalue weighted by atomic mass is 16.5. The predicted molar refractivity (Wildman–Crippen MR) is 74.8 cm³/mol. The summed E-state index contributed by atoms with van der Waals surface area (Å²) in [6.45, 7) is 2.11. The first-order valence-electron chi connectivity index (χ1n) is 6.69. The van der Waals surface area contributed by atoms with Gasteiger partial charge in [0.2, 0.25) is 5.91 Å². The molecule has 104 valence electrons. The van der Waals surface area contributed by atoms with Gasteiger partial charge < -0.3 is 16.2 Å². The molecular formula is C14H21N3O2. The summed E-state index contributed by atoms with van der Waals surface area (Å²) in [5.74, 6) is 0.453. The van der Waals surface area contributed by atoms with Gasteiger partial charge in [-0.05, 0) is 31.5 Å². The average molecular weight is 263 g/mol. The number of rotatable bonds is 5. The average Bonchev–Trinajstić information content (AvgIpc) is 2.41. The third-order valence-corrected chi connectivity index (χ3v) is 3.50. The van der Waals surface area contributed by atoms with Crippen molar-refractivity contribution in [2.24, 2.45) is 5.73 Å². The maximum absolute atomic E-state index is 11.4. The molecule has 1 saturated heterocycles. The van der Waals surface area contributed by atoms with E-state index < -0.39 is 0 Å². The van der Waals surface area contributed by atoms with E-state index in [0.29, 0.717) is 24.6 Å². The number of piperidine rings is 1. The minimum Gasteiger partial charge on any atom is -0.490 e. The van der Waals surface area contributed by atoms with Crippen LogP contribution in [0.25, 0.3) is 0 Å². The van der Waals surface area contributed by atoms with E-state index in [0.717, 1.165) is 25.8 Å². The van der Waals surface area contributed by atoms with Crippen LogP contribution in [0.15, 0.2) is 24.3 Å². The van der Waals surface area contributed by atoms with Crippen molar-refractivity contribution in [3.05, 3.63) is 24.3 Å². The van der Waals surface area contributed by atoms with E-state index in [1.54, 1.807) is 0 Å². The number of primary amides is 1. The van der Waals surface area contributed by atoms with E-state index in [9.17, 15) is 4.79 Å². The number of nitrogens with two attached hydrogens (primary N) is 2. The van der Waals surface area contributed by atoms with Gasteiger partial charge in [-0.2, -0.15) is 0 Å². The van der Waals surface area contributed by atoms with Gasteiger partial charge in [0.25, 0.3) is 0 Å². The summed E-state index contributed by atoms with van der Waals surface area (Å²) in [6.07, 6.45) is 3.02. The Morgan fingerprint density at radius 1 is 1.37 bits per heavy atom. The molecule has 1 atom stereocenters. The molecule has 5 nitrogen and oxygen atoms in total. The number of anilines is 1. The second kappa shape index (κ2) is 6.43. The molecule has 1 heterocycles. The molecule has 0 aliphatic carbocycles. The van der Waals surface area contributed by atoms with Gasteiger partial charge in [-0.15, -0.1) is 0 Å². The Morgan fingerprint density at radius 2 is 2.16 bits per heavy atom. The van der Waals surface area contributed by atoms with Crippen LogP contribution in [0, 0.1) is 0 Å². The molecule has 19 heavy (non-hydrogen) atoms. The van der Waals surface area contributed by atoms with E-state index in [1.807, 2.05) is 24.3 Å². The second-order valence-corrected chi connectivity index (χ2v) is 4.84. The van der Waals surface area contributed by atoms with Gasteiger partial charge >= 0.3 is 0 Å². The van der Waals surface area contributed by atoms with Gasteiger partial charge in [0.05, 0.1) is 11.7 Å². The number of para-hydroxylation sites is 2. The number of ether oxygens (including phenoxy) is 1. The van der Waals surface area contributed by atoms with E-state index in [4.69, 9.17) is 16.2 Å². The van der Waals surface area contributed by atoms with E-state index >= 15 is 0 Å². The van der Waals surface area contributed by atoms with Crippen LogP contribution in [0.4, 0.5) is 5.69 Å². The molecule has 5 heteroatoms. The maximum atomic E-state index is 11.4. The summed E-state index contributed by atoms with van der Waals surface area (Å²) in [6, 6.07) is 7.26. The van der Waals surface area contributed by atoms with Crippen molar-refractivity contribution < 1.29 is 9.53 Å². The highest BCUT2D eigenvalue weighted by Gasteiger charge is 2.26. The van der Waals surface area contributed by atoms with Crippen LogP contribution in [-0.4, -0.2) is 36.5 Å². The van der Waals surface area contributed by atoms with Crippen LogP contribution in [-0.2, 0) is 4.79 Å². The highest BCUT2D eigenvalue weighted by molar-refractivity contribution is 5.79. The summed E-state index contributed by atoms with van der Waals surface area (Å²) < 4.78 is 5.65. The van der Waals surface area contributed by atoms with Crippen LogP contribution >= 0.6 is 0 Å². The van der Waals surface area contributed by atoms with Crippen molar-refractivity contribution in [3.8, 4) is 5.75 Å². The second-order valence-electron chi connectivity index (χ2n) is 4.84. The number of nitrogens with zero attached hydrogens (tertiary/aromatic N) is 1. The van der Waals surface area contributed by atoms with Crippen LogP contribution in [0.1, 0.15) is 19.3 Å². The summed E-state index contributed by atoms with van der Waals surface area (Å²) in [4.78, 5) is 13.5. The molecule has 0 radical (unpaired) electrons. The third-order valence-electron chi connectivity index (χ3n) is 3.50. The summed E-state index contributed by atoms with van der Waals surface area (Å²) >= 11 is 0. The number of carbonyl (C=O) groups is 1. The lowest BCUT2D eigenvalue weighted by Crippen LogP contribution is -2.48. The summed E-state index contributed by atoms with van der Waals surface area (Å²) in [5, 5.41) is 0.